The number of benzene rings is 1. The Hall–Kier alpha value is -1.72. The molecule has 1 rings (SSSR count). The summed E-state index contributed by atoms with van der Waals surface area (Å²) in [4.78, 5) is 0. The normalized spacial score (nSPS) is 12.9. The summed E-state index contributed by atoms with van der Waals surface area (Å²) in [5, 5.41) is 10.9. The van der Waals surface area contributed by atoms with Crippen LogP contribution in [0.1, 0.15) is 16.7 Å². The number of alkyl halides is 3. The highest BCUT2D eigenvalue weighted by atomic mass is 19.4. The first-order valence-corrected chi connectivity index (χ1v) is 4.02. The minimum atomic E-state index is -4.52. The van der Waals surface area contributed by atoms with E-state index in [0.717, 1.165) is 6.07 Å². The summed E-state index contributed by atoms with van der Waals surface area (Å²) in [6.45, 7) is 1.53. The molecule has 0 aromatic heterocycles. The van der Waals surface area contributed by atoms with E-state index in [0.29, 0.717) is 5.56 Å². The van der Waals surface area contributed by atoms with Crippen LogP contribution in [0.3, 0.4) is 0 Å². The Labute approximate surface area is 84.0 Å². The van der Waals surface area contributed by atoms with Crippen LogP contribution in [0.15, 0.2) is 23.4 Å². The number of halogens is 3. The van der Waals surface area contributed by atoms with Gasteiger partial charge in [0, 0.05) is 5.56 Å². The summed E-state index contributed by atoms with van der Waals surface area (Å²) >= 11 is 0. The van der Waals surface area contributed by atoms with Crippen LogP contribution in [0.25, 0.3) is 0 Å². The van der Waals surface area contributed by atoms with Crippen molar-refractivity contribution in [1.82, 2.24) is 0 Å². The molecule has 0 radical (unpaired) electrons. The van der Waals surface area contributed by atoms with Gasteiger partial charge in [-0.3, -0.25) is 0 Å². The largest absolute Gasteiger partial charge is 0.417 e. The third-order valence-corrected chi connectivity index (χ3v) is 1.86. The van der Waals surface area contributed by atoms with Crippen LogP contribution < -0.4 is 5.73 Å². The van der Waals surface area contributed by atoms with Crippen molar-refractivity contribution >= 4 is 5.84 Å². The molecule has 0 fully saturated rings. The first-order chi connectivity index (χ1) is 6.86. The molecule has 0 saturated heterocycles. The van der Waals surface area contributed by atoms with Crippen molar-refractivity contribution in [3.63, 3.8) is 0 Å². The highest BCUT2D eigenvalue weighted by Crippen LogP contribution is 2.32. The summed E-state index contributed by atoms with van der Waals surface area (Å²) in [6, 6.07) is 3.59. The molecule has 1 aromatic carbocycles. The van der Waals surface area contributed by atoms with E-state index >= 15 is 0 Å². The van der Waals surface area contributed by atoms with Crippen molar-refractivity contribution in [2.75, 3.05) is 0 Å². The zero-order valence-corrected chi connectivity index (χ0v) is 7.84. The molecule has 0 saturated carbocycles. The number of nitrogens with zero attached hydrogens (tertiary/aromatic N) is 1. The Balaban J connectivity index is 3.40. The SMILES string of the molecule is Cc1ccc(/C(N)=N/O)c(C(F)(F)F)c1. The maximum absolute atomic E-state index is 12.5. The van der Waals surface area contributed by atoms with E-state index in [1.165, 1.54) is 19.1 Å². The predicted octanol–water partition coefficient (Wildman–Crippen LogP) is 2.11. The Kier molecular flexibility index (Phi) is 2.88. The molecule has 0 aliphatic rings. The molecular formula is C9H9F3N2O. The van der Waals surface area contributed by atoms with Gasteiger partial charge in [-0.05, 0) is 13.0 Å². The molecule has 0 bridgehead atoms. The van der Waals surface area contributed by atoms with Crippen molar-refractivity contribution in [3.05, 3.63) is 34.9 Å². The predicted molar refractivity (Wildman–Crippen MR) is 48.7 cm³/mol. The minimum Gasteiger partial charge on any atom is -0.409 e. The van der Waals surface area contributed by atoms with Gasteiger partial charge < -0.3 is 10.9 Å². The molecule has 0 unspecified atom stereocenters. The fourth-order valence-corrected chi connectivity index (χ4v) is 1.17. The van der Waals surface area contributed by atoms with E-state index in [2.05, 4.69) is 5.16 Å². The summed E-state index contributed by atoms with van der Waals surface area (Å²) in [6.07, 6.45) is -4.52. The number of hydrogen-bond acceptors (Lipinski definition) is 2. The topological polar surface area (TPSA) is 58.6 Å². The van der Waals surface area contributed by atoms with Crippen LogP contribution in [0, 0.1) is 6.92 Å². The van der Waals surface area contributed by atoms with Gasteiger partial charge in [-0.15, -0.1) is 0 Å². The Bertz CT molecular complexity index is 399. The number of aryl methyl sites for hydroxylation is 1. The smallest absolute Gasteiger partial charge is 0.409 e. The molecule has 0 aliphatic heterocycles. The van der Waals surface area contributed by atoms with E-state index in [4.69, 9.17) is 10.9 Å². The summed E-state index contributed by atoms with van der Waals surface area (Å²) in [7, 11) is 0. The number of hydrogen-bond donors (Lipinski definition) is 2. The first-order valence-electron chi connectivity index (χ1n) is 4.02. The van der Waals surface area contributed by atoms with E-state index < -0.39 is 17.6 Å². The Morgan fingerprint density at radius 1 is 1.40 bits per heavy atom. The highest BCUT2D eigenvalue weighted by Gasteiger charge is 2.34. The van der Waals surface area contributed by atoms with Crippen LogP contribution in [0.4, 0.5) is 13.2 Å². The minimum absolute atomic E-state index is 0.324. The van der Waals surface area contributed by atoms with Crippen molar-refractivity contribution < 1.29 is 18.4 Å². The van der Waals surface area contributed by atoms with Gasteiger partial charge in [-0.2, -0.15) is 13.2 Å². The van der Waals surface area contributed by atoms with E-state index in [1.807, 2.05) is 0 Å². The Morgan fingerprint density at radius 2 is 2.00 bits per heavy atom. The van der Waals surface area contributed by atoms with Crippen LogP contribution >= 0.6 is 0 Å². The van der Waals surface area contributed by atoms with Crippen molar-refractivity contribution in [2.24, 2.45) is 10.9 Å². The molecule has 0 amide bonds. The van der Waals surface area contributed by atoms with Gasteiger partial charge in [0.15, 0.2) is 5.84 Å². The third kappa shape index (κ3) is 2.39. The summed E-state index contributed by atoms with van der Waals surface area (Å²) in [5.41, 5.74) is 4.37. The lowest BCUT2D eigenvalue weighted by molar-refractivity contribution is -0.137. The van der Waals surface area contributed by atoms with E-state index in [-0.39, 0.29) is 5.56 Å². The van der Waals surface area contributed by atoms with Crippen LogP contribution in [0.2, 0.25) is 0 Å². The molecule has 0 atom stereocenters. The van der Waals surface area contributed by atoms with Gasteiger partial charge in [0.05, 0.1) is 5.56 Å². The van der Waals surface area contributed by atoms with Gasteiger partial charge in [-0.1, -0.05) is 22.9 Å². The van der Waals surface area contributed by atoms with Gasteiger partial charge >= 0.3 is 6.18 Å². The standard InChI is InChI=1S/C9H9F3N2O/c1-5-2-3-6(8(13)14-15)7(4-5)9(10,11)12/h2-4,15H,1H3,(H2,13,14). The monoisotopic (exact) mass is 218 g/mol. The third-order valence-electron chi connectivity index (χ3n) is 1.86. The lowest BCUT2D eigenvalue weighted by atomic mass is 10.0. The summed E-state index contributed by atoms with van der Waals surface area (Å²) < 4.78 is 37.6. The molecule has 0 heterocycles. The van der Waals surface area contributed by atoms with Crippen molar-refractivity contribution in [3.8, 4) is 0 Å². The fraction of sp³-hybridized carbons (Fsp3) is 0.222. The second-order valence-corrected chi connectivity index (χ2v) is 3.03. The lowest BCUT2D eigenvalue weighted by Gasteiger charge is -2.12. The zero-order valence-electron chi connectivity index (χ0n) is 7.84. The average Bonchev–Trinajstić information content (AvgIpc) is 2.15. The van der Waals surface area contributed by atoms with Gasteiger partial charge in [0.25, 0.3) is 0 Å². The highest BCUT2D eigenvalue weighted by molar-refractivity contribution is 5.98. The zero-order chi connectivity index (χ0) is 11.6. The van der Waals surface area contributed by atoms with Crippen LogP contribution in [0.5, 0.6) is 0 Å². The average molecular weight is 218 g/mol. The lowest BCUT2D eigenvalue weighted by Crippen LogP contribution is -2.20. The molecule has 1 aromatic rings. The van der Waals surface area contributed by atoms with E-state index in [9.17, 15) is 13.2 Å². The maximum Gasteiger partial charge on any atom is 0.417 e. The van der Waals surface area contributed by atoms with Gasteiger partial charge in [-0.25, -0.2) is 0 Å². The maximum atomic E-state index is 12.5. The van der Waals surface area contributed by atoms with Gasteiger partial charge in [0.2, 0.25) is 0 Å². The Morgan fingerprint density at radius 3 is 2.47 bits per heavy atom. The second-order valence-electron chi connectivity index (χ2n) is 3.03. The molecular weight excluding hydrogens is 209 g/mol. The van der Waals surface area contributed by atoms with Crippen molar-refractivity contribution in [2.45, 2.75) is 13.1 Å². The van der Waals surface area contributed by atoms with Crippen LogP contribution in [-0.2, 0) is 6.18 Å². The molecule has 82 valence electrons. The summed E-state index contributed by atoms with van der Waals surface area (Å²) in [5.74, 6) is -0.553. The van der Waals surface area contributed by atoms with Gasteiger partial charge in [0.1, 0.15) is 0 Å². The van der Waals surface area contributed by atoms with E-state index in [1.54, 1.807) is 0 Å². The second kappa shape index (κ2) is 3.80. The van der Waals surface area contributed by atoms with Crippen molar-refractivity contribution in [1.29, 1.82) is 0 Å². The number of amidine groups is 1. The number of rotatable bonds is 1. The molecule has 3 N–H and O–H groups in total. The molecule has 3 nitrogen and oxygen atoms in total. The molecule has 15 heavy (non-hydrogen) atoms. The number of oxime groups is 1. The molecule has 0 spiro atoms. The first kappa shape index (κ1) is 11.4. The number of nitrogens with two attached hydrogens (primary N) is 1. The molecule has 6 heteroatoms. The van der Waals surface area contributed by atoms with Crippen LogP contribution in [-0.4, -0.2) is 11.0 Å². The quantitative estimate of drug-likeness (QED) is 0.328. The fourth-order valence-electron chi connectivity index (χ4n) is 1.17. The molecule has 0 aliphatic carbocycles.